The lowest BCUT2D eigenvalue weighted by Crippen LogP contribution is -2.12. The van der Waals surface area contributed by atoms with Crippen LogP contribution < -0.4 is 11.1 Å². The predicted molar refractivity (Wildman–Crippen MR) is 83.1 cm³/mol. The van der Waals surface area contributed by atoms with Gasteiger partial charge in [0.2, 0.25) is 0 Å². The fourth-order valence-electron chi connectivity index (χ4n) is 2.53. The largest absolute Gasteiger partial charge is 0.417 e. The third kappa shape index (κ3) is 1.89. The van der Waals surface area contributed by atoms with Crippen molar-refractivity contribution in [1.82, 2.24) is 9.97 Å². The van der Waals surface area contributed by atoms with Gasteiger partial charge in [0.25, 0.3) is 5.91 Å². The summed E-state index contributed by atoms with van der Waals surface area (Å²) in [5.74, 6) is -0.919. The van der Waals surface area contributed by atoms with Gasteiger partial charge >= 0.3 is 5.76 Å². The molecule has 1 amide bonds. The number of fused-ring (bicyclic) bond motifs is 2. The molecule has 0 bridgehead atoms. The summed E-state index contributed by atoms with van der Waals surface area (Å²) in [6.07, 6.45) is 1.81. The molecule has 6 heteroatoms. The van der Waals surface area contributed by atoms with Gasteiger partial charge in [-0.1, -0.05) is 18.2 Å². The molecule has 0 atom stereocenters. The quantitative estimate of drug-likeness (QED) is 0.530. The number of anilines is 1. The Hall–Kier alpha value is -3.28. The molecule has 2 aromatic heterocycles. The Morgan fingerprint density at radius 2 is 1.95 bits per heavy atom. The van der Waals surface area contributed by atoms with Gasteiger partial charge in [0, 0.05) is 11.6 Å². The van der Waals surface area contributed by atoms with Gasteiger partial charge in [-0.15, -0.1) is 0 Å². The molecule has 0 aliphatic rings. The number of amides is 1. The minimum atomic E-state index is -0.582. The molecule has 2 aromatic carbocycles. The van der Waals surface area contributed by atoms with Crippen LogP contribution in [0, 0.1) is 0 Å². The van der Waals surface area contributed by atoms with E-state index in [-0.39, 0.29) is 11.5 Å². The van der Waals surface area contributed by atoms with Crippen LogP contribution in [0.2, 0.25) is 0 Å². The Kier molecular flexibility index (Phi) is 2.62. The first kappa shape index (κ1) is 12.5. The number of nitrogens with one attached hydrogen (secondary N) is 3. The molecule has 0 radical (unpaired) electrons. The average molecular weight is 293 g/mol. The molecule has 2 heterocycles. The van der Waals surface area contributed by atoms with Gasteiger partial charge < -0.3 is 14.7 Å². The van der Waals surface area contributed by atoms with E-state index < -0.39 is 5.76 Å². The van der Waals surface area contributed by atoms with Crippen LogP contribution >= 0.6 is 0 Å². The highest BCUT2D eigenvalue weighted by Crippen LogP contribution is 2.23. The summed E-state index contributed by atoms with van der Waals surface area (Å²) in [5.41, 5.74) is 2.57. The third-order valence-corrected chi connectivity index (χ3v) is 3.53. The van der Waals surface area contributed by atoms with Gasteiger partial charge in [-0.05, 0) is 24.3 Å². The summed E-state index contributed by atoms with van der Waals surface area (Å²) in [6, 6.07) is 12.5. The smallest absolute Gasteiger partial charge is 0.407 e. The zero-order valence-electron chi connectivity index (χ0n) is 11.3. The minimum absolute atomic E-state index is 0.253. The van der Waals surface area contributed by atoms with Gasteiger partial charge in [-0.2, -0.15) is 0 Å². The Labute approximate surface area is 123 Å². The van der Waals surface area contributed by atoms with Crippen LogP contribution in [0.1, 0.15) is 10.4 Å². The van der Waals surface area contributed by atoms with Crippen molar-refractivity contribution < 1.29 is 9.21 Å². The van der Waals surface area contributed by atoms with Gasteiger partial charge in [-0.3, -0.25) is 9.78 Å². The fourth-order valence-corrected chi connectivity index (χ4v) is 2.53. The standard InChI is InChI=1S/C16H11N3O3/c20-15(10-4-2-6-12-14(10)22-16(21)19-12)18-11-5-1-3-9-7-8-17-13(9)11/h1-8,17H,(H,18,20)(H,19,21). The maximum absolute atomic E-state index is 12.5. The molecule has 0 spiro atoms. The van der Waals surface area contributed by atoms with E-state index in [1.165, 1.54) is 0 Å². The molecule has 3 N–H and O–H groups in total. The summed E-state index contributed by atoms with van der Waals surface area (Å²) < 4.78 is 5.05. The molecule has 0 unspecified atom stereocenters. The van der Waals surface area contributed by atoms with E-state index in [2.05, 4.69) is 15.3 Å². The molecule has 22 heavy (non-hydrogen) atoms. The molecule has 0 aliphatic heterocycles. The Balaban J connectivity index is 1.78. The number of hydrogen-bond acceptors (Lipinski definition) is 3. The number of para-hydroxylation sites is 2. The normalized spacial score (nSPS) is 11.1. The van der Waals surface area contributed by atoms with Gasteiger partial charge in [0.15, 0.2) is 5.58 Å². The van der Waals surface area contributed by atoms with Crippen LogP contribution in [0.3, 0.4) is 0 Å². The second-order valence-corrected chi connectivity index (χ2v) is 4.90. The van der Waals surface area contributed by atoms with Gasteiger partial charge in [0.1, 0.15) is 0 Å². The second kappa shape index (κ2) is 4.63. The molecule has 0 saturated heterocycles. The van der Waals surface area contributed by atoms with Crippen molar-refractivity contribution in [2.45, 2.75) is 0 Å². The molecule has 4 aromatic rings. The van der Waals surface area contributed by atoms with Crippen LogP contribution in [0.5, 0.6) is 0 Å². The highest BCUT2D eigenvalue weighted by atomic mass is 16.4. The van der Waals surface area contributed by atoms with Crippen molar-refractivity contribution in [3.63, 3.8) is 0 Å². The fraction of sp³-hybridized carbons (Fsp3) is 0. The Morgan fingerprint density at radius 3 is 2.86 bits per heavy atom. The van der Waals surface area contributed by atoms with E-state index in [9.17, 15) is 9.59 Å². The van der Waals surface area contributed by atoms with Crippen LogP contribution in [0.4, 0.5) is 5.69 Å². The number of carbonyl (C=O) groups excluding carboxylic acids is 1. The van der Waals surface area contributed by atoms with Crippen molar-refractivity contribution in [1.29, 1.82) is 0 Å². The van der Waals surface area contributed by atoms with Crippen molar-refractivity contribution in [2.75, 3.05) is 5.32 Å². The van der Waals surface area contributed by atoms with Gasteiger partial charge in [0.05, 0.1) is 22.3 Å². The molecule has 0 fully saturated rings. The monoisotopic (exact) mass is 293 g/mol. The van der Waals surface area contributed by atoms with E-state index in [1.54, 1.807) is 18.2 Å². The lowest BCUT2D eigenvalue weighted by Gasteiger charge is -2.06. The number of carbonyl (C=O) groups is 1. The van der Waals surface area contributed by atoms with Crippen molar-refractivity contribution in [3.05, 3.63) is 64.8 Å². The van der Waals surface area contributed by atoms with E-state index in [4.69, 9.17) is 4.42 Å². The number of rotatable bonds is 2. The summed E-state index contributed by atoms with van der Waals surface area (Å²) in [5, 5.41) is 3.85. The van der Waals surface area contributed by atoms with E-state index >= 15 is 0 Å². The zero-order chi connectivity index (χ0) is 15.1. The number of benzene rings is 2. The maximum Gasteiger partial charge on any atom is 0.417 e. The molecule has 6 nitrogen and oxygen atoms in total. The Bertz CT molecular complexity index is 1060. The summed E-state index contributed by atoms with van der Waals surface area (Å²) >= 11 is 0. The molecular weight excluding hydrogens is 282 g/mol. The Morgan fingerprint density at radius 1 is 1.09 bits per heavy atom. The average Bonchev–Trinajstić information content (AvgIpc) is 3.12. The summed E-state index contributed by atoms with van der Waals surface area (Å²) in [4.78, 5) is 29.4. The second-order valence-electron chi connectivity index (χ2n) is 4.90. The number of oxazole rings is 1. The molecule has 0 aliphatic carbocycles. The number of hydrogen-bond donors (Lipinski definition) is 3. The van der Waals surface area contributed by atoms with Crippen LogP contribution in [0.25, 0.3) is 22.0 Å². The molecule has 4 rings (SSSR count). The third-order valence-electron chi connectivity index (χ3n) is 3.53. The first-order valence-electron chi connectivity index (χ1n) is 6.72. The van der Waals surface area contributed by atoms with Crippen LogP contribution in [-0.2, 0) is 0 Å². The van der Waals surface area contributed by atoms with Crippen molar-refractivity contribution in [3.8, 4) is 0 Å². The molecule has 0 saturated carbocycles. The molecular formula is C16H11N3O3. The SMILES string of the molecule is O=C(Nc1cccc2cc[nH]c12)c1cccc2[nH]c(=O)oc12. The van der Waals surface area contributed by atoms with E-state index in [0.29, 0.717) is 16.8 Å². The number of aromatic nitrogens is 2. The number of H-pyrrole nitrogens is 2. The summed E-state index contributed by atoms with van der Waals surface area (Å²) in [6.45, 7) is 0. The predicted octanol–water partition coefficient (Wildman–Crippen LogP) is 2.85. The first-order chi connectivity index (χ1) is 10.7. The zero-order valence-corrected chi connectivity index (χ0v) is 11.3. The summed E-state index contributed by atoms with van der Waals surface area (Å²) in [7, 11) is 0. The maximum atomic E-state index is 12.5. The highest BCUT2D eigenvalue weighted by molar-refractivity contribution is 6.13. The minimum Gasteiger partial charge on any atom is -0.407 e. The molecule has 108 valence electrons. The highest BCUT2D eigenvalue weighted by Gasteiger charge is 2.15. The lowest BCUT2D eigenvalue weighted by molar-refractivity contribution is 0.102. The van der Waals surface area contributed by atoms with Crippen LogP contribution in [-0.4, -0.2) is 15.9 Å². The lowest BCUT2D eigenvalue weighted by atomic mass is 10.1. The number of aromatic amines is 2. The van der Waals surface area contributed by atoms with E-state index in [0.717, 1.165) is 10.9 Å². The van der Waals surface area contributed by atoms with Crippen LogP contribution in [0.15, 0.2) is 57.9 Å². The van der Waals surface area contributed by atoms with Crippen molar-refractivity contribution >= 4 is 33.6 Å². The first-order valence-corrected chi connectivity index (χ1v) is 6.72. The van der Waals surface area contributed by atoms with Gasteiger partial charge in [-0.25, -0.2) is 4.79 Å². The topological polar surface area (TPSA) is 90.9 Å². The van der Waals surface area contributed by atoms with Crippen molar-refractivity contribution in [2.24, 2.45) is 0 Å². The van der Waals surface area contributed by atoms with E-state index in [1.807, 2.05) is 30.5 Å².